The molecule has 2 heteroatoms. The SMILES string of the molecule is CC1(C)COC2(CCC(c3ccccc3)CC2)SC1. The molecule has 1 spiro atoms. The number of hydrogen-bond acceptors (Lipinski definition) is 2. The summed E-state index contributed by atoms with van der Waals surface area (Å²) in [6.07, 6.45) is 4.98. The van der Waals surface area contributed by atoms with E-state index >= 15 is 0 Å². The highest BCUT2D eigenvalue weighted by Crippen LogP contribution is 2.50. The highest BCUT2D eigenvalue weighted by atomic mass is 32.2. The van der Waals surface area contributed by atoms with Gasteiger partial charge in [-0.25, -0.2) is 0 Å². The molecular weight excluding hydrogens is 252 g/mol. The minimum absolute atomic E-state index is 0.140. The third kappa shape index (κ3) is 3.00. The molecule has 0 radical (unpaired) electrons. The van der Waals surface area contributed by atoms with Gasteiger partial charge in [-0.2, -0.15) is 0 Å². The molecule has 1 aromatic rings. The summed E-state index contributed by atoms with van der Waals surface area (Å²) in [6.45, 7) is 5.54. The Hall–Kier alpha value is -0.470. The Kier molecular flexibility index (Phi) is 3.65. The smallest absolute Gasteiger partial charge is 0.113 e. The summed E-state index contributed by atoms with van der Waals surface area (Å²) in [5, 5.41) is 0. The first-order valence-corrected chi connectivity index (χ1v) is 8.40. The van der Waals surface area contributed by atoms with Crippen LogP contribution in [0.4, 0.5) is 0 Å². The van der Waals surface area contributed by atoms with Crippen LogP contribution < -0.4 is 0 Å². The molecule has 1 saturated heterocycles. The molecule has 19 heavy (non-hydrogen) atoms. The molecule has 0 aromatic heterocycles. The topological polar surface area (TPSA) is 9.23 Å². The van der Waals surface area contributed by atoms with Crippen LogP contribution in [0.3, 0.4) is 0 Å². The second-order valence-corrected chi connectivity index (χ2v) is 8.16. The lowest BCUT2D eigenvalue weighted by Crippen LogP contribution is -2.43. The van der Waals surface area contributed by atoms with Crippen molar-refractivity contribution in [2.45, 2.75) is 50.4 Å². The van der Waals surface area contributed by atoms with Crippen LogP contribution in [0.1, 0.15) is 51.0 Å². The lowest BCUT2D eigenvalue weighted by Gasteiger charge is -2.46. The van der Waals surface area contributed by atoms with Crippen LogP contribution in [0.5, 0.6) is 0 Å². The molecule has 1 saturated carbocycles. The Labute approximate surface area is 121 Å². The van der Waals surface area contributed by atoms with Crippen LogP contribution in [-0.4, -0.2) is 17.3 Å². The number of rotatable bonds is 1. The van der Waals surface area contributed by atoms with Gasteiger partial charge in [0, 0.05) is 5.75 Å². The van der Waals surface area contributed by atoms with E-state index in [-0.39, 0.29) is 4.93 Å². The van der Waals surface area contributed by atoms with Gasteiger partial charge < -0.3 is 4.74 Å². The fourth-order valence-corrected chi connectivity index (χ4v) is 4.55. The van der Waals surface area contributed by atoms with E-state index < -0.39 is 0 Å². The lowest BCUT2D eigenvalue weighted by molar-refractivity contribution is -0.0455. The van der Waals surface area contributed by atoms with Gasteiger partial charge in [-0.1, -0.05) is 44.2 Å². The second kappa shape index (κ2) is 5.14. The molecule has 3 rings (SSSR count). The second-order valence-electron chi connectivity index (χ2n) is 6.84. The van der Waals surface area contributed by atoms with E-state index in [0.717, 1.165) is 12.5 Å². The van der Waals surface area contributed by atoms with Gasteiger partial charge in [0.15, 0.2) is 0 Å². The number of thioether (sulfide) groups is 1. The maximum Gasteiger partial charge on any atom is 0.113 e. The van der Waals surface area contributed by atoms with Gasteiger partial charge in [-0.3, -0.25) is 0 Å². The van der Waals surface area contributed by atoms with Crippen molar-refractivity contribution in [3.05, 3.63) is 35.9 Å². The zero-order valence-corrected chi connectivity index (χ0v) is 12.8. The van der Waals surface area contributed by atoms with Crippen molar-refractivity contribution < 1.29 is 4.74 Å². The normalized spacial score (nSPS) is 34.3. The molecule has 2 aliphatic rings. The molecule has 2 fully saturated rings. The van der Waals surface area contributed by atoms with Gasteiger partial charge >= 0.3 is 0 Å². The van der Waals surface area contributed by atoms with Crippen molar-refractivity contribution in [3.8, 4) is 0 Å². The van der Waals surface area contributed by atoms with Gasteiger partial charge in [0.2, 0.25) is 0 Å². The lowest BCUT2D eigenvalue weighted by atomic mass is 9.82. The molecule has 0 amide bonds. The number of ether oxygens (including phenoxy) is 1. The molecule has 0 bridgehead atoms. The van der Waals surface area contributed by atoms with Crippen LogP contribution in [0.15, 0.2) is 30.3 Å². The van der Waals surface area contributed by atoms with Crippen molar-refractivity contribution in [2.24, 2.45) is 5.41 Å². The summed E-state index contributed by atoms with van der Waals surface area (Å²) in [6, 6.07) is 11.0. The van der Waals surface area contributed by atoms with E-state index in [4.69, 9.17) is 4.74 Å². The average molecular weight is 276 g/mol. The molecule has 1 aromatic carbocycles. The summed E-state index contributed by atoms with van der Waals surface area (Å²) in [5.41, 5.74) is 1.87. The maximum absolute atomic E-state index is 6.27. The average Bonchev–Trinajstić information content (AvgIpc) is 2.45. The minimum Gasteiger partial charge on any atom is -0.364 e. The quantitative estimate of drug-likeness (QED) is 0.726. The molecule has 1 nitrogen and oxygen atoms in total. The zero-order chi connectivity index (χ0) is 13.3. The summed E-state index contributed by atoms with van der Waals surface area (Å²) in [5.74, 6) is 1.98. The summed E-state index contributed by atoms with van der Waals surface area (Å²) < 4.78 is 6.27. The molecule has 1 heterocycles. The van der Waals surface area contributed by atoms with Crippen LogP contribution >= 0.6 is 11.8 Å². The third-order valence-electron chi connectivity index (χ3n) is 4.47. The van der Waals surface area contributed by atoms with Crippen molar-refractivity contribution in [2.75, 3.05) is 12.4 Å². The fourth-order valence-electron chi connectivity index (χ4n) is 3.14. The van der Waals surface area contributed by atoms with E-state index in [1.165, 1.54) is 37.0 Å². The molecule has 0 atom stereocenters. The minimum atomic E-state index is 0.140. The summed E-state index contributed by atoms with van der Waals surface area (Å²) in [4.78, 5) is 0.140. The first kappa shape index (κ1) is 13.5. The van der Waals surface area contributed by atoms with E-state index in [1.807, 2.05) is 0 Å². The molecular formula is C17H24OS. The van der Waals surface area contributed by atoms with Crippen LogP contribution in [0.2, 0.25) is 0 Å². The standard InChI is InChI=1S/C17H24OS/c1-16(2)12-18-17(19-13-16)10-8-15(9-11-17)14-6-4-3-5-7-14/h3-7,15H,8-13H2,1-2H3. The molecule has 0 N–H and O–H groups in total. The van der Waals surface area contributed by atoms with Gasteiger partial charge in [-0.15, -0.1) is 11.8 Å². The van der Waals surface area contributed by atoms with Gasteiger partial charge in [-0.05, 0) is 42.6 Å². The molecule has 1 aliphatic carbocycles. The van der Waals surface area contributed by atoms with Crippen LogP contribution in [0, 0.1) is 5.41 Å². The van der Waals surface area contributed by atoms with Gasteiger partial charge in [0.25, 0.3) is 0 Å². The van der Waals surface area contributed by atoms with E-state index in [9.17, 15) is 0 Å². The van der Waals surface area contributed by atoms with Crippen LogP contribution in [0.25, 0.3) is 0 Å². The van der Waals surface area contributed by atoms with E-state index in [1.54, 1.807) is 0 Å². The van der Waals surface area contributed by atoms with Crippen molar-refractivity contribution in [3.63, 3.8) is 0 Å². The van der Waals surface area contributed by atoms with Crippen LogP contribution in [-0.2, 0) is 4.74 Å². The van der Waals surface area contributed by atoms with Crippen molar-refractivity contribution in [1.82, 2.24) is 0 Å². The molecule has 0 unspecified atom stereocenters. The Morgan fingerprint density at radius 1 is 1.11 bits per heavy atom. The summed E-state index contributed by atoms with van der Waals surface area (Å²) >= 11 is 2.07. The molecule has 104 valence electrons. The third-order valence-corrected chi connectivity index (χ3v) is 6.45. The maximum atomic E-state index is 6.27. The predicted molar refractivity (Wildman–Crippen MR) is 82.6 cm³/mol. The number of benzene rings is 1. The first-order chi connectivity index (χ1) is 9.09. The first-order valence-electron chi connectivity index (χ1n) is 7.42. The molecule has 1 aliphatic heterocycles. The fraction of sp³-hybridized carbons (Fsp3) is 0.647. The Morgan fingerprint density at radius 3 is 2.37 bits per heavy atom. The highest BCUT2D eigenvalue weighted by Gasteiger charge is 2.42. The number of hydrogen-bond donors (Lipinski definition) is 0. The van der Waals surface area contributed by atoms with Gasteiger partial charge in [0.1, 0.15) is 4.93 Å². The van der Waals surface area contributed by atoms with Crippen molar-refractivity contribution in [1.29, 1.82) is 0 Å². The highest BCUT2D eigenvalue weighted by molar-refractivity contribution is 8.00. The largest absolute Gasteiger partial charge is 0.364 e. The zero-order valence-electron chi connectivity index (χ0n) is 12.0. The Balaban J connectivity index is 1.61. The monoisotopic (exact) mass is 276 g/mol. The van der Waals surface area contributed by atoms with Gasteiger partial charge in [0.05, 0.1) is 6.61 Å². The predicted octanol–water partition coefficient (Wildman–Crippen LogP) is 4.83. The van der Waals surface area contributed by atoms with E-state index in [2.05, 4.69) is 55.9 Å². The van der Waals surface area contributed by atoms with E-state index in [0.29, 0.717) is 5.41 Å². The Bertz CT molecular complexity index is 406. The summed E-state index contributed by atoms with van der Waals surface area (Å²) in [7, 11) is 0. The Morgan fingerprint density at radius 2 is 1.79 bits per heavy atom. The van der Waals surface area contributed by atoms with Crippen molar-refractivity contribution >= 4 is 11.8 Å².